The topological polar surface area (TPSA) is 61.9 Å². The first-order valence-corrected chi connectivity index (χ1v) is 12.8. The summed E-state index contributed by atoms with van der Waals surface area (Å²) in [6.07, 6.45) is 3.41. The third-order valence-corrected chi connectivity index (χ3v) is 6.88. The van der Waals surface area contributed by atoms with Crippen molar-refractivity contribution in [1.29, 1.82) is 0 Å². The first-order chi connectivity index (χ1) is 15.8. The van der Waals surface area contributed by atoms with Gasteiger partial charge in [0.15, 0.2) is 0 Å². The van der Waals surface area contributed by atoms with E-state index in [1.165, 1.54) is 0 Å². The third-order valence-electron chi connectivity index (χ3n) is 6.88. The van der Waals surface area contributed by atoms with Crippen LogP contribution in [-0.4, -0.2) is 66.5 Å². The Morgan fingerprint density at radius 3 is 2.42 bits per heavy atom. The molecule has 6 nitrogen and oxygen atoms in total. The van der Waals surface area contributed by atoms with Crippen molar-refractivity contribution in [1.82, 2.24) is 15.1 Å². The predicted molar refractivity (Wildman–Crippen MR) is 132 cm³/mol. The van der Waals surface area contributed by atoms with Gasteiger partial charge in [0.25, 0.3) is 0 Å². The smallest absolute Gasteiger partial charge is 0.245 e. The van der Waals surface area contributed by atoms with Crippen molar-refractivity contribution >= 4 is 11.8 Å². The first kappa shape index (κ1) is 25.5. The molecule has 0 spiro atoms. The Morgan fingerprint density at radius 1 is 1.09 bits per heavy atom. The number of rotatable bonds is 9. The number of piperazine rings is 1. The van der Waals surface area contributed by atoms with E-state index < -0.39 is 0 Å². The van der Waals surface area contributed by atoms with E-state index in [4.69, 9.17) is 4.74 Å². The summed E-state index contributed by atoms with van der Waals surface area (Å²) in [5, 5.41) is 3.36. The van der Waals surface area contributed by atoms with Gasteiger partial charge in [-0.15, -0.1) is 0 Å². The van der Waals surface area contributed by atoms with Crippen molar-refractivity contribution in [3.05, 3.63) is 29.8 Å². The number of para-hydroxylation sites is 1. The summed E-state index contributed by atoms with van der Waals surface area (Å²) in [7, 11) is 0. The number of nitrogens with zero attached hydrogens (tertiary/aromatic N) is 2. The number of carbonyl (C=O) groups excluding carboxylic acids is 2. The number of amides is 2. The molecule has 6 heteroatoms. The fourth-order valence-corrected chi connectivity index (χ4v) is 4.99. The van der Waals surface area contributed by atoms with Crippen LogP contribution in [0.3, 0.4) is 0 Å². The van der Waals surface area contributed by atoms with Gasteiger partial charge in [-0.1, -0.05) is 45.9 Å². The van der Waals surface area contributed by atoms with Gasteiger partial charge in [-0.25, -0.2) is 0 Å². The molecule has 2 atom stereocenters. The molecule has 0 aliphatic carbocycles. The summed E-state index contributed by atoms with van der Waals surface area (Å²) in [5.74, 6) is 2.41. The summed E-state index contributed by atoms with van der Waals surface area (Å²) < 4.78 is 6.06. The minimum absolute atomic E-state index is 0.0930. The monoisotopic (exact) mass is 457 g/mol. The molecule has 1 aromatic carbocycles. The lowest BCUT2D eigenvalue weighted by atomic mass is 9.94. The van der Waals surface area contributed by atoms with Gasteiger partial charge in [-0.05, 0) is 62.0 Å². The van der Waals surface area contributed by atoms with Crippen LogP contribution in [0.4, 0.5) is 0 Å². The van der Waals surface area contributed by atoms with Crippen LogP contribution in [0.2, 0.25) is 0 Å². The molecule has 2 heterocycles. The zero-order chi connectivity index (χ0) is 24.0. The molecule has 1 N–H and O–H groups in total. The molecular formula is C27H43N3O3. The molecule has 0 saturated carbocycles. The molecule has 184 valence electrons. The summed E-state index contributed by atoms with van der Waals surface area (Å²) in [6, 6.07) is 7.57. The molecule has 2 saturated heterocycles. The van der Waals surface area contributed by atoms with Crippen LogP contribution in [0.1, 0.15) is 58.9 Å². The zero-order valence-corrected chi connectivity index (χ0v) is 21.2. The highest BCUT2D eigenvalue weighted by molar-refractivity contribution is 5.90. The molecular weight excluding hydrogens is 414 g/mol. The molecule has 1 aromatic rings. The van der Waals surface area contributed by atoms with Crippen molar-refractivity contribution in [2.75, 3.05) is 32.8 Å². The van der Waals surface area contributed by atoms with E-state index in [9.17, 15) is 9.59 Å². The third kappa shape index (κ3) is 6.95. The fourth-order valence-electron chi connectivity index (χ4n) is 4.99. The number of ether oxygens (including phenoxy) is 1. The van der Waals surface area contributed by atoms with Crippen molar-refractivity contribution in [3.63, 3.8) is 0 Å². The Labute approximate surface area is 200 Å². The van der Waals surface area contributed by atoms with Gasteiger partial charge in [0, 0.05) is 26.2 Å². The Bertz CT molecular complexity index is 787. The quantitative estimate of drug-likeness (QED) is 0.611. The fraction of sp³-hybridized carbons (Fsp3) is 0.704. The van der Waals surface area contributed by atoms with Gasteiger partial charge < -0.3 is 19.9 Å². The highest BCUT2D eigenvalue weighted by atomic mass is 16.5. The second-order valence-corrected chi connectivity index (χ2v) is 10.7. The van der Waals surface area contributed by atoms with Crippen LogP contribution in [-0.2, 0) is 9.59 Å². The molecule has 0 radical (unpaired) electrons. The maximum Gasteiger partial charge on any atom is 0.245 e. The molecule has 0 aromatic heterocycles. The summed E-state index contributed by atoms with van der Waals surface area (Å²) >= 11 is 0. The summed E-state index contributed by atoms with van der Waals surface area (Å²) in [6.45, 7) is 14.1. The van der Waals surface area contributed by atoms with Gasteiger partial charge in [-0.2, -0.15) is 0 Å². The Balaban J connectivity index is 1.58. The number of likely N-dealkylation sites (tertiary alicyclic amines) is 1. The van der Waals surface area contributed by atoms with Crippen molar-refractivity contribution in [3.8, 4) is 5.75 Å². The highest BCUT2D eigenvalue weighted by Gasteiger charge is 2.39. The van der Waals surface area contributed by atoms with E-state index in [1.54, 1.807) is 0 Å². The normalized spacial score (nSPS) is 21.1. The summed E-state index contributed by atoms with van der Waals surface area (Å²) in [4.78, 5) is 30.7. The van der Waals surface area contributed by atoms with E-state index in [0.29, 0.717) is 30.9 Å². The van der Waals surface area contributed by atoms with Gasteiger partial charge in [-0.3, -0.25) is 9.59 Å². The Hall–Kier alpha value is -2.08. The number of aryl methyl sites for hydroxylation is 1. The summed E-state index contributed by atoms with van der Waals surface area (Å²) in [5.41, 5.74) is 1.15. The molecule has 2 fully saturated rings. The minimum Gasteiger partial charge on any atom is -0.493 e. The van der Waals surface area contributed by atoms with Crippen LogP contribution >= 0.6 is 0 Å². The van der Waals surface area contributed by atoms with Crippen molar-refractivity contribution < 1.29 is 14.3 Å². The average Bonchev–Trinajstić information content (AvgIpc) is 2.78. The standard InChI is InChI=1S/C27H43N3O3/c1-19(2)16-23-26(31)30(15-12-28-23)24(17-20(3)4)27(32)29-13-10-22(11-14-29)18-33-25-9-7-6-8-21(25)5/h6-9,19-20,22-24,28H,10-18H2,1-5H3/t23-,24?/m0/s1. The maximum atomic E-state index is 13.6. The zero-order valence-electron chi connectivity index (χ0n) is 21.2. The maximum absolute atomic E-state index is 13.6. The number of carbonyl (C=O) groups is 2. The number of benzene rings is 1. The molecule has 33 heavy (non-hydrogen) atoms. The van der Waals surface area contributed by atoms with Gasteiger partial charge >= 0.3 is 0 Å². The molecule has 3 rings (SSSR count). The van der Waals surface area contributed by atoms with Crippen LogP contribution in [0, 0.1) is 24.7 Å². The molecule has 0 bridgehead atoms. The predicted octanol–water partition coefficient (Wildman–Crippen LogP) is 3.87. The lowest BCUT2D eigenvalue weighted by Crippen LogP contribution is -2.62. The Kier molecular flexibility index (Phi) is 9.19. The van der Waals surface area contributed by atoms with Gasteiger partial charge in [0.2, 0.25) is 11.8 Å². The number of hydrogen-bond donors (Lipinski definition) is 1. The lowest BCUT2D eigenvalue weighted by molar-refractivity contribution is -0.150. The molecule has 2 aliphatic rings. The highest BCUT2D eigenvalue weighted by Crippen LogP contribution is 2.25. The van der Waals surface area contributed by atoms with E-state index in [0.717, 1.165) is 56.6 Å². The number of hydrogen-bond acceptors (Lipinski definition) is 4. The van der Waals surface area contributed by atoms with E-state index in [2.05, 4.69) is 46.0 Å². The van der Waals surface area contributed by atoms with Crippen LogP contribution in [0.5, 0.6) is 5.75 Å². The largest absolute Gasteiger partial charge is 0.493 e. The average molecular weight is 458 g/mol. The van der Waals surface area contributed by atoms with Crippen LogP contribution in [0.15, 0.2) is 24.3 Å². The lowest BCUT2D eigenvalue weighted by Gasteiger charge is -2.42. The SMILES string of the molecule is Cc1ccccc1OCC1CCN(C(=O)C(CC(C)C)N2CCN[C@@H](CC(C)C)C2=O)CC1. The minimum atomic E-state index is -0.353. The van der Waals surface area contributed by atoms with Gasteiger partial charge in [0.1, 0.15) is 11.8 Å². The molecule has 2 amide bonds. The van der Waals surface area contributed by atoms with Crippen LogP contribution < -0.4 is 10.1 Å². The molecule has 2 aliphatic heterocycles. The molecule has 1 unspecified atom stereocenters. The van der Waals surface area contributed by atoms with Crippen molar-refractivity contribution in [2.45, 2.75) is 72.4 Å². The van der Waals surface area contributed by atoms with Crippen molar-refractivity contribution in [2.24, 2.45) is 17.8 Å². The number of piperidine rings is 1. The first-order valence-electron chi connectivity index (χ1n) is 12.8. The van der Waals surface area contributed by atoms with Gasteiger partial charge in [0.05, 0.1) is 12.6 Å². The Morgan fingerprint density at radius 2 is 1.79 bits per heavy atom. The van der Waals surface area contributed by atoms with Crippen LogP contribution in [0.25, 0.3) is 0 Å². The van der Waals surface area contributed by atoms with E-state index in [1.807, 2.05) is 28.0 Å². The number of nitrogens with one attached hydrogen (secondary N) is 1. The van der Waals surface area contributed by atoms with E-state index in [-0.39, 0.29) is 23.9 Å². The second-order valence-electron chi connectivity index (χ2n) is 10.7. The van der Waals surface area contributed by atoms with E-state index >= 15 is 0 Å². The second kappa shape index (κ2) is 11.9.